The van der Waals surface area contributed by atoms with E-state index in [1.165, 1.54) is 23.9 Å². The highest BCUT2D eigenvalue weighted by molar-refractivity contribution is 5.76. The summed E-state index contributed by atoms with van der Waals surface area (Å²) in [6.07, 6.45) is 3.30. The fourth-order valence-corrected chi connectivity index (χ4v) is 2.52. The highest BCUT2D eigenvalue weighted by Crippen LogP contribution is 2.29. The second kappa shape index (κ2) is 5.91. The first-order valence-corrected chi connectivity index (χ1v) is 7.57. The molecule has 0 bridgehead atoms. The largest absolute Gasteiger partial charge is 0.464 e. The molecule has 1 saturated carbocycles. The van der Waals surface area contributed by atoms with Crippen molar-refractivity contribution < 1.29 is 9.21 Å². The van der Waals surface area contributed by atoms with Gasteiger partial charge in [0.05, 0.1) is 6.54 Å². The fraction of sp³-hybridized carbons (Fsp3) is 0.438. The Bertz CT molecular complexity index is 841. The molecule has 3 rings (SSSR count). The Morgan fingerprint density at radius 3 is 2.65 bits per heavy atom. The monoisotopic (exact) mass is 317 g/mol. The molecule has 0 N–H and O–H groups in total. The number of hydrogen-bond acceptors (Lipinski definition) is 4. The molecule has 0 unspecified atom stereocenters. The highest BCUT2D eigenvalue weighted by atomic mass is 16.3. The zero-order valence-corrected chi connectivity index (χ0v) is 13.2. The van der Waals surface area contributed by atoms with E-state index in [1.54, 1.807) is 4.90 Å². The van der Waals surface area contributed by atoms with Crippen molar-refractivity contribution >= 4 is 5.91 Å². The summed E-state index contributed by atoms with van der Waals surface area (Å²) in [5, 5.41) is 0. The van der Waals surface area contributed by atoms with Gasteiger partial charge in [0.15, 0.2) is 0 Å². The second-order valence-electron chi connectivity index (χ2n) is 5.89. The van der Waals surface area contributed by atoms with Crippen LogP contribution < -0.4 is 11.2 Å². The topological polar surface area (TPSA) is 77.5 Å². The van der Waals surface area contributed by atoms with E-state index in [2.05, 4.69) is 0 Å². The second-order valence-corrected chi connectivity index (χ2v) is 5.89. The minimum absolute atomic E-state index is 0.0802. The number of carbonyl (C=O) groups is 1. The molecule has 122 valence electrons. The van der Waals surface area contributed by atoms with Crippen LogP contribution in [0.5, 0.6) is 0 Å². The zero-order valence-electron chi connectivity index (χ0n) is 13.2. The number of amides is 1. The third kappa shape index (κ3) is 3.28. The van der Waals surface area contributed by atoms with Crippen LogP contribution in [0.1, 0.15) is 24.4 Å². The van der Waals surface area contributed by atoms with Crippen molar-refractivity contribution in [2.45, 2.75) is 38.9 Å². The van der Waals surface area contributed by atoms with Gasteiger partial charge in [-0.15, -0.1) is 0 Å². The van der Waals surface area contributed by atoms with Crippen LogP contribution in [-0.2, 0) is 24.9 Å². The summed E-state index contributed by atoms with van der Waals surface area (Å²) in [7, 11) is 1.40. The van der Waals surface area contributed by atoms with Gasteiger partial charge in [-0.3, -0.25) is 18.7 Å². The van der Waals surface area contributed by atoms with Crippen LogP contribution in [0.3, 0.4) is 0 Å². The molecule has 0 atom stereocenters. The van der Waals surface area contributed by atoms with Gasteiger partial charge in [-0.25, -0.2) is 4.79 Å². The quantitative estimate of drug-likeness (QED) is 0.811. The predicted molar refractivity (Wildman–Crippen MR) is 83.0 cm³/mol. The molecular formula is C16H19N3O4. The maximum absolute atomic E-state index is 12.6. The van der Waals surface area contributed by atoms with E-state index in [-0.39, 0.29) is 24.1 Å². The van der Waals surface area contributed by atoms with Crippen molar-refractivity contribution in [1.82, 2.24) is 14.0 Å². The Morgan fingerprint density at radius 2 is 2.04 bits per heavy atom. The van der Waals surface area contributed by atoms with Crippen LogP contribution in [0, 0.1) is 6.92 Å². The third-order valence-corrected chi connectivity index (χ3v) is 4.00. The lowest BCUT2D eigenvalue weighted by Gasteiger charge is -2.21. The molecular weight excluding hydrogens is 298 g/mol. The SMILES string of the molecule is Cc1ccc(CN(C(=O)Cn2ccc(=O)n(C)c2=O)C2CC2)o1. The minimum atomic E-state index is -0.490. The van der Waals surface area contributed by atoms with Gasteiger partial charge in [-0.05, 0) is 31.9 Å². The first-order chi connectivity index (χ1) is 11.0. The number of aryl methyl sites for hydroxylation is 1. The molecule has 1 aliphatic rings. The summed E-state index contributed by atoms with van der Waals surface area (Å²) in [4.78, 5) is 37.8. The van der Waals surface area contributed by atoms with Crippen LogP contribution >= 0.6 is 0 Å². The Morgan fingerprint density at radius 1 is 1.30 bits per heavy atom. The number of carbonyl (C=O) groups excluding carboxylic acids is 1. The molecule has 2 heterocycles. The van der Waals surface area contributed by atoms with Crippen LogP contribution in [0.15, 0.2) is 38.4 Å². The Kier molecular flexibility index (Phi) is 3.94. The first-order valence-electron chi connectivity index (χ1n) is 7.57. The van der Waals surface area contributed by atoms with Gasteiger partial charge in [0, 0.05) is 25.4 Å². The number of hydrogen-bond donors (Lipinski definition) is 0. The summed E-state index contributed by atoms with van der Waals surface area (Å²) in [6.45, 7) is 2.18. The van der Waals surface area contributed by atoms with Crippen molar-refractivity contribution in [1.29, 1.82) is 0 Å². The van der Waals surface area contributed by atoms with Gasteiger partial charge in [-0.2, -0.15) is 0 Å². The van der Waals surface area contributed by atoms with Crippen molar-refractivity contribution in [3.63, 3.8) is 0 Å². The molecule has 0 aromatic carbocycles. The molecule has 7 heteroatoms. The fourth-order valence-electron chi connectivity index (χ4n) is 2.52. The smallest absolute Gasteiger partial charge is 0.331 e. The molecule has 2 aromatic rings. The summed E-state index contributed by atoms with van der Waals surface area (Å²) in [6, 6.07) is 5.21. The van der Waals surface area contributed by atoms with Gasteiger partial charge >= 0.3 is 5.69 Å². The lowest BCUT2D eigenvalue weighted by atomic mass is 10.3. The van der Waals surface area contributed by atoms with Crippen LogP contribution in [-0.4, -0.2) is 26.0 Å². The summed E-state index contributed by atoms with van der Waals surface area (Å²) in [5.74, 6) is 1.38. The van der Waals surface area contributed by atoms with Crippen molar-refractivity contribution in [2.24, 2.45) is 7.05 Å². The lowest BCUT2D eigenvalue weighted by molar-refractivity contribution is -0.133. The molecule has 23 heavy (non-hydrogen) atoms. The summed E-state index contributed by atoms with van der Waals surface area (Å²) in [5.41, 5.74) is -0.876. The van der Waals surface area contributed by atoms with Crippen LogP contribution in [0.4, 0.5) is 0 Å². The first kappa shape index (κ1) is 15.3. The molecule has 0 aliphatic heterocycles. The number of rotatable bonds is 5. The van der Waals surface area contributed by atoms with Gasteiger partial charge < -0.3 is 9.32 Å². The molecule has 0 spiro atoms. The van der Waals surface area contributed by atoms with E-state index in [9.17, 15) is 14.4 Å². The molecule has 2 aromatic heterocycles. The highest BCUT2D eigenvalue weighted by Gasteiger charge is 2.33. The molecule has 0 radical (unpaired) electrons. The molecule has 1 fully saturated rings. The summed E-state index contributed by atoms with van der Waals surface area (Å²) < 4.78 is 7.79. The maximum Gasteiger partial charge on any atom is 0.331 e. The van der Waals surface area contributed by atoms with Crippen molar-refractivity contribution in [2.75, 3.05) is 0 Å². The van der Waals surface area contributed by atoms with Gasteiger partial charge in [0.2, 0.25) is 5.91 Å². The predicted octanol–water partition coefficient (Wildman–Crippen LogP) is 0.640. The third-order valence-electron chi connectivity index (χ3n) is 4.00. The van der Waals surface area contributed by atoms with Crippen molar-refractivity contribution in [3.05, 3.63) is 56.8 Å². The van der Waals surface area contributed by atoms with Gasteiger partial charge in [0.1, 0.15) is 18.1 Å². The molecule has 0 saturated heterocycles. The van der Waals surface area contributed by atoms with E-state index < -0.39 is 5.69 Å². The van der Waals surface area contributed by atoms with Gasteiger partial charge in [-0.1, -0.05) is 0 Å². The normalized spacial score (nSPS) is 14.0. The average Bonchev–Trinajstić information content (AvgIpc) is 3.28. The molecule has 1 aliphatic carbocycles. The van der Waals surface area contributed by atoms with E-state index in [1.807, 2.05) is 19.1 Å². The van der Waals surface area contributed by atoms with E-state index >= 15 is 0 Å². The maximum atomic E-state index is 12.6. The van der Waals surface area contributed by atoms with E-state index in [0.717, 1.165) is 28.9 Å². The standard InChI is InChI=1S/C16H19N3O4/c1-11-3-6-13(23-11)9-19(12-4-5-12)15(21)10-18-8-7-14(20)17(2)16(18)22/h3,6-8,12H,4-5,9-10H2,1-2H3. The molecule has 1 amide bonds. The molecule has 7 nitrogen and oxygen atoms in total. The van der Waals surface area contributed by atoms with Crippen LogP contribution in [0.25, 0.3) is 0 Å². The minimum Gasteiger partial charge on any atom is -0.464 e. The lowest BCUT2D eigenvalue weighted by Crippen LogP contribution is -2.42. The number of aromatic nitrogens is 2. The summed E-state index contributed by atoms with van der Waals surface area (Å²) >= 11 is 0. The Balaban J connectivity index is 1.78. The Labute approximate surface area is 132 Å². The zero-order chi connectivity index (χ0) is 16.6. The van der Waals surface area contributed by atoms with Crippen molar-refractivity contribution in [3.8, 4) is 0 Å². The Hall–Kier alpha value is -2.57. The van der Waals surface area contributed by atoms with E-state index in [4.69, 9.17) is 4.42 Å². The van der Waals surface area contributed by atoms with Gasteiger partial charge in [0.25, 0.3) is 5.56 Å². The number of nitrogens with zero attached hydrogens (tertiary/aromatic N) is 3. The van der Waals surface area contributed by atoms with Crippen LogP contribution in [0.2, 0.25) is 0 Å². The van der Waals surface area contributed by atoms with E-state index in [0.29, 0.717) is 6.54 Å². The average molecular weight is 317 g/mol. The number of furan rings is 1.